The van der Waals surface area contributed by atoms with E-state index in [1.165, 1.54) is 18.1 Å². The number of benzene rings is 1. The number of anilines is 4. The molecule has 1 amide bonds. The largest absolute Gasteiger partial charge is 0.421 e. The van der Waals surface area contributed by atoms with Gasteiger partial charge in [-0.2, -0.15) is 18.2 Å². The number of nitrogens with one attached hydrogen (secondary N) is 2. The Hall–Kier alpha value is -3.94. The average molecular weight is 524 g/mol. The van der Waals surface area contributed by atoms with Crippen molar-refractivity contribution in [2.24, 2.45) is 0 Å². The summed E-state index contributed by atoms with van der Waals surface area (Å²) in [5, 5.41) is 5.43. The van der Waals surface area contributed by atoms with E-state index in [1.54, 1.807) is 50.5 Å². The van der Waals surface area contributed by atoms with Crippen LogP contribution in [0.1, 0.15) is 21.5 Å². The van der Waals surface area contributed by atoms with Crippen LogP contribution in [-0.4, -0.2) is 61.6 Å². The summed E-state index contributed by atoms with van der Waals surface area (Å²) < 4.78 is 65.6. The van der Waals surface area contributed by atoms with Gasteiger partial charge in [-0.15, -0.1) is 0 Å². The van der Waals surface area contributed by atoms with Crippen LogP contribution in [0.3, 0.4) is 0 Å². The van der Waals surface area contributed by atoms with Crippen molar-refractivity contribution in [3.8, 4) is 0 Å². The number of carbonyl (C=O) groups excluding carboxylic acids is 1. The smallest absolute Gasteiger partial charge is 0.365 e. The summed E-state index contributed by atoms with van der Waals surface area (Å²) in [6.07, 6.45) is -1.72. The summed E-state index contributed by atoms with van der Waals surface area (Å²) in [5.74, 6) is -0.746. The summed E-state index contributed by atoms with van der Waals surface area (Å²) in [4.78, 5) is 25.2. The summed E-state index contributed by atoms with van der Waals surface area (Å²) >= 11 is 0. The number of aromatic nitrogens is 3. The molecule has 2 heterocycles. The monoisotopic (exact) mass is 523 g/mol. The van der Waals surface area contributed by atoms with E-state index >= 15 is 0 Å². The van der Waals surface area contributed by atoms with Gasteiger partial charge in [-0.1, -0.05) is 6.07 Å². The minimum atomic E-state index is -4.74. The van der Waals surface area contributed by atoms with Crippen LogP contribution in [0, 0.1) is 0 Å². The molecule has 0 fully saturated rings. The molecule has 10 nitrogen and oxygen atoms in total. The Kier molecular flexibility index (Phi) is 7.67. The molecule has 36 heavy (non-hydrogen) atoms. The Morgan fingerprint density at radius 3 is 2.31 bits per heavy atom. The standard InChI is InChI=1S/C22H24F3N7O3S/c1-31(2)20(33)14-7-9-16(10-8-14)29-21-28-13-17(22(23,24)25)18(30-21)27-12-15-6-5-11-26-19(15)32(3)36(4,34)35/h5-11,13H,12H2,1-4H3,(H2,27,28,29,30). The maximum Gasteiger partial charge on any atom is 0.421 e. The fourth-order valence-electron chi connectivity index (χ4n) is 3.06. The van der Waals surface area contributed by atoms with Gasteiger partial charge in [0.2, 0.25) is 16.0 Å². The van der Waals surface area contributed by atoms with Crippen molar-refractivity contribution >= 4 is 39.2 Å². The lowest BCUT2D eigenvalue weighted by atomic mass is 10.2. The van der Waals surface area contributed by atoms with E-state index in [2.05, 4.69) is 25.6 Å². The molecule has 0 aliphatic carbocycles. The summed E-state index contributed by atoms with van der Waals surface area (Å²) in [6, 6.07) is 9.37. The highest BCUT2D eigenvalue weighted by atomic mass is 32.2. The van der Waals surface area contributed by atoms with Crippen molar-refractivity contribution < 1.29 is 26.4 Å². The number of rotatable bonds is 8. The third-order valence-electron chi connectivity index (χ3n) is 5.00. The molecule has 2 aromatic heterocycles. The van der Waals surface area contributed by atoms with Crippen LogP contribution >= 0.6 is 0 Å². The highest BCUT2D eigenvalue weighted by Crippen LogP contribution is 2.34. The van der Waals surface area contributed by atoms with Crippen molar-refractivity contribution in [1.29, 1.82) is 0 Å². The van der Waals surface area contributed by atoms with E-state index < -0.39 is 27.6 Å². The van der Waals surface area contributed by atoms with Gasteiger partial charge in [-0.25, -0.2) is 18.4 Å². The number of pyridine rings is 1. The summed E-state index contributed by atoms with van der Waals surface area (Å²) in [5.41, 5.74) is 0.141. The van der Waals surface area contributed by atoms with Crippen LogP contribution in [0.4, 0.5) is 36.4 Å². The molecule has 0 spiro atoms. The quantitative estimate of drug-likeness (QED) is 0.461. The number of hydrogen-bond acceptors (Lipinski definition) is 8. The van der Waals surface area contributed by atoms with Crippen molar-refractivity contribution in [1.82, 2.24) is 19.9 Å². The van der Waals surface area contributed by atoms with Gasteiger partial charge in [0.05, 0.1) is 6.26 Å². The minimum Gasteiger partial charge on any atom is -0.365 e. The van der Waals surface area contributed by atoms with Crippen LogP contribution < -0.4 is 14.9 Å². The number of nitrogens with zero attached hydrogens (tertiary/aromatic N) is 5. The molecular formula is C22H24F3N7O3S. The average Bonchev–Trinajstić information content (AvgIpc) is 2.81. The van der Waals surface area contributed by atoms with Gasteiger partial charge in [0, 0.05) is 56.9 Å². The lowest BCUT2D eigenvalue weighted by molar-refractivity contribution is -0.137. The molecule has 1 aromatic carbocycles. The van der Waals surface area contributed by atoms with Crippen molar-refractivity contribution in [3.05, 3.63) is 65.5 Å². The number of halogens is 3. The zero-order valence-corrected chi connectivity index (χ0v) is 20.6. The number of carbonyl (C=O) groups is 1. The van der Waals surface area contributed by atoms with E-state index in [0.29, 0.717) is 23.0 Å². The van der Waals surface area contributed by atoms with Crippen LogP contribution in [0.15, 0.2) is 48.8 Å². The lowest BCUT2D eigenvalue weighted by Crippen LogP contribution is -2.27. The zero-order valence-electron chi connectivity index (χ0n) is 19.8. The predicted molar refractivity (Wildman–Crippen MR) is 130 cm³/mol. The fourth-order valence-corrected chi connectivity index (χ4v) is 3.53. The Balaban J connectivity index is 1.87. The van der Waals surface area contributed by atoms with Crippen LogP contribution in [-0.2, 0) is 22.7 Å². The van der Waals surface area contributed by atoms with Crippen LogP contribution in [0.25, 0.3) is 0 Å². The molecule has 0 unspecified atom stereocenters. The van der Waals surface area contributed by atoms with Gasteiger partial charge < -0.3 is 15.5 Å². The molecule has 3 aromatic rings. The third kappa shape index (κ3) is 6.38. The number of amides is 1. The van der Waals surface area contributed by atoms with Crippen molar-refractivity contribution in [2.45, 2.75) is 12.7 Å². The Morgan fingerprint density at radius 2 is 1.72 bits per heavy atom. The third-order valence-corrected chi connectivity index (χ3v) is 6.17. The first kappa shape index (κ1) is 26.7. The normalized spacial score (nSPS) is 11.6. The van der Waals surface area contributed by atoms with Crippen molar-refractivity contribution in [3.63, 3.8) is 0 Å². The van der Waals surface area contributed by atoms with Gasteiger partial charge in [0.1, 0.15) is 17.2 Å². The Labute approximate surface area is 206 Å². The Morgan fingerprint density at radius 1 is 1.06 bits per heavy atom. The molecule has 2 N–H and O–H groups in total. The van der Waals surface area contributed by atoms with Gasteiger partial charge in [0.25, 0.3) is 5.91 Å². The predicted octanol–water partition coefficient (Wildman–Crippen LogP) is 3.34. The van der Waals surface area contributed by atoms with Crippen LogP contribution in [0.2, 0.25) is 0 Å². The maximum absolute atomic E-state index is 13.6. The van der Waals surface area contributed by atoms with Gasteiger partial charge >= 0.3 is 6.18 Å². The zero-order chi connectivity index (χ0) is 26.7. The van der Waals surface area contributed by atoms with E-state index in [4.69, 9.17) is 0 Å². The second-order valence-corrected chi connectivity index (χ2v) is 9.94. The number of alkyl halides is 3. The van der Waals surface area contributed by atoms with Crippen LogP contribution in [0.5, 0.6) is 0 Å². The second-order valence-electron chi connectivity index (χ2n) is 7.93. The van der Waals surface area contributed by atoms with Crippen molar-refractivity contribution in [2.75, 3.05) is 42.3 Å². The molecule has 0 bridgehead atoms. The highest BCUT2D eigenvalue weighted by molar-refractivity contribution is 7.92. The first-order valence-corrected chi connectivity index (χ1v) is 12.3. The molecule has 0 atom stereocenters. The second kappa shape index (κ2) is 10.4. The topological polar surface area (TPSA) is 120 Å². The molecule has 192 valence electrons. The molecule has 0 aliphatic heterocycles. The van der Waals surface area contributed by atoms with E-state index in [0.717, 1.165) is 10.6 Å². The molecule has 0 radical (unpaired) electrons. The van der Waals surface area contributed by atoms with Gasteiger partial charge in [-0.05, 0) is 30.3 Å². The van der Waals surface area contributed by atoms with E-state index in [1.807, 2.05) is 0 Å². The molecule has 0 saturated carbocycles. The number of sulfonamides is 1. The summed E-state index contributed by atoms with van der Waals surface area (Å²) in [6.45, 7) is -0.191. The molecule has 0 aliphatic rings. The summed E-state index contributed by atoms with van der Waals surface area (Å²) in [7, 11) is 0.890. The number of hydrogen-bond donors (Lipinski definition) is 2. The highest BCUT2D eigenvalue weighted by Gasteiger charge is 2.35. The maximum atomic E-state index is 13.6. The molecular weight excluding hydrogens is 499 g/mol. The van der Waals surface area contributed by atoms with Gasteiger partial charge in [-0.3, -0.25) is 9.10 Å². The first-order valence-electron chi connectivity index (χ1n) is 10.4. The molecule has 14 heteroatoms. The lowest BCUT2D eigenvalue weighted by Gasteiger charge is -2.20. The van der Waals surface area contributed by atoms with Gasteiger partial charge in [0.15, 0.2) is 0 Å². The van der Waals surface area contributed by atoms with E-state index in [9.17, 15) is 26.4 Å². The fraction of sp³-hybridized carbons (Fsp3) is 0.273. The molecule has 3 rings (SSSR count). The minimum absolute atomic E-state index is 0.0702. The molecule has 0 saturated heterocycles. The SMILES string of the molecule is CN(C)C(=O)c1ccc(Nc2ncc(C(F)(F)F)c(NCc3cccnc3N(C)S(C)(=O)=O)n2)cc1. The first-order chi connectivity index (χ1) is 16.8. The van der Waals surface area contributed by atoms with E-state index in [-0.39, 0.29) is 24.2 Å². The Bertz CT molecular complexity index is 1350.